The van der Waals surface area contributed by atoms with Crippen molar-refractivity contribution in [3.63, 3.8) is 0 Å². The van der Waals surface area contributed by atoms with Crippen LogP contribution in [0.3, 0.4) is 0 Å². The van der Waals surface area contributed by atoms with Crippen LogP contribution in [0.2, 0.25) is 0 Å². The zero-order valence-corrected chi connectivity index (χ0v) is 13.4. The Labute approximate surface area is 116 Å². The van der Waals surface area contributed by atoms with Crippen LogP contribution in [0, 0.1) is 0 Å². The van der Waals surface area contributed by atoms with Gasteiger partial charge < -0.3 is 0 Å². The fourth-order valence-corrected chi connectivity index (χ4v) is 8.59. The average molecular weight is 368 g/mol. The second-order valence-electron chi connectivity index (χ2n) is 3.83. The molecule has 0 spiro atoms. The van der Waals surface area contributed by atoms with Gasteiger partial charge in [0.2, 0.25) is 0 Å². The van der Waals surface area contributed by atoms with Crippen molar-refractivity contribution in [2.75, 3.05) is 0 Å². The number of quaternary nitrogens is 2. The van der Waals surface area contributed by atoms with Crippen molar-refractivity contribution >= 4 is 46.4 Å². The van der Waals surface area contributed by atoms with E-state index in [9.17, 15) is 10.2 Å². The van der Waals surface area contributed by atoms with E-state index in [1.807, 2.05) is 24.3 Å². The Morgan fingerprint density at radius 2 is 1.11 bits per heavy atom. The molecule has 0 saturated heterocycles. The molecule has 92 valence electrons. The van der Waals surface area contributed by atoms with Gasteiger partial charge in [0.15, 0.2) is 0 Å². The van der Waals surface area contributed by atoms with Crippen LogP contribution in [0.4, 0.5) is 11.4 Å². The molecular weight excluding hydrogens is 354 g/mol. The van der Waals surface area contributed by atoms with Gasteiger partial charge in [-0.1, -0.05) is 0 Å². The molecule has 0 bridgehead atoms. The van der Waals surface area contributed by atoms with Crippen molar-refractivity contribution in [3.05, 3.63) is 36.4 Å². The van der Waals surface area contributed by atoms with Crippen molar-refractivity contribution in [3.8, 4) is 11.5 Å². The van der Waals surface area contributed by atoms with E-state index >= 15 is 0 Å². The van der Waals surface area contributed by atoms with Crippen molar-refractivity contribution in [2.24, 2.45) is 0 Å². The van der Waals surface area contributed by atoms with Gasteiger partial charge in [-0.05, 0) is 0 Å². The van der Waals surface area contributed by atoms with Crippen molar-refractivity contribution in [2.45, 2.75) is 0 Å². The van der Waals surface area contributed by atoms with Gasteiger partial charge in [-0.3, -0.25) is 0 Å². The fraction of sp³-hybridized carbons (Fsp3) is 0. The number of rotatable bonds is 2. The molecule has 2 aromatic carbocycles. The standard InChI is InChI=1S/C12H12As2N2O2/c15-9-5-7(1-3-11(9)17)13-14-8-2-4-12(18)10(16)6-8/h1-6,17-18H,15-16H2/p+2. The van der Waals surface area contributed by atoms with Gasteiger partial charge in [-0.25, -0.2) is 0 Å². The quantitative estimate of drug-likeness (QED) is 0.467. The maximum atomic E-state index is 9.42. The van der Waals surface area contributed by atoms with E-state index < -0.39 is 0 Å². The monoisotopic (exact) mass is 368 g/mol. The van der Waals surface area contributed by atoms with Crippen LogP contribution in [-0.2, 0) is 0 Å². The molecule has 0 saturated carbocycles. The Morgan fingerprint density at radius 1 is 0.722 bits per heavy atom. The summed E-state index contributed by atoms with van der Waals surface area (Å²) < 4.78 is 2.54. The third kappa shape index (κ3) is 3.30. The molecule has 0 aliphatic heterocycles. The van der Waals surface area contributed by atoms with Crippen LogP contribution in [0.1, 0.15) is 0 Å². The van der Waals surface area contributed by atoms with Gasteiger partial charge in [0, 0.05) is 0 Å². The summed E-state index contributed by atoms with van der Waals surface area (Å²) >= 11 is 0.163. The Morgan fingerprint density at radius 3 is 1.44 bits per heavy atom. The molecule has 2 rings (SSSR count). The molecule has 4 nitrogen and oxygen atoms in total. The second kappa shape index (κ2) is 5.81. The van der Waals surface area contributed by atoms with Crippen molar-refractivity contribution < 1.29 is 21.7 Å². The molecule has 0 aromatic heterocycles. The van der Waals surface area contributed by atoms with Crippen LogP contribution >= 0.6 is 0 Å². The third-order valence-electron chi connectivity index (χ3n) is 2.41. The fourth-order valence-electron chi connectivity index (χ4n) is 1.38. The van der Waals surface area contributed by atoms with E-state index in [1.165, 1.54) is 8.70 Å². The van der Waals surface area contributed by atoms with E-state index in [4.69, 9.17) is 0 Å². The normalized spacial score (nSPS) is 11.0. The summed E-state index contributed by atoms with van der Waals surface area (Å²) in [4.78, 5) is 0. The molecule has 0 heterocycles. The van der Waals surface area contributed by atoms with Crippen molar-refractivity contribution in [1.82, 2.24) is 0 Å². The third-order valence-corrected chi connectivity index (χ3v) is 10.9. The molecule has 0 amide bonds. The maximum absolute atomic E-state index is 9.42. The Kier molecular flexibility index (Phi) is 4.36. The molecule has 0 fully saturated rings. The van der Waals surface area contributed by atoms with Gasteiger partial charge in [0.25, 0.3) is 0 Å². The molecule has 0 aliphatic rings. The summed E-state index contributed by atoms with van der Waals surface area (Å²) in [5.41, 5.74) is 8.96. The van der Waals surface area contributed by atoms with Gasteiger partial charge in [-0.2, -0.15) is 0 Å². The van der Waals surface area contributed by atoms with Crippen LogP contribution in [0.25, 0.3) is 0 Å². The van der Waals surface area contributed by atoms with Gasteiger partial charge >= 0.3 is 116 Å². The predicted molar refractivity (Wildman–Crippen MR) is 72.1 cm³/mol. The molecule has 0 unspecified atom stereocenters. The average Bonchev–Trinajstić information content (AvgIpc) is 2.35. The number of hydrogen-bond donors (Lipinski definition) is 4. The van der Waals surface area contributed by atoms with E-state index in [0.29, 0.717) is 11.4 Å². The van der Waals surface area contributed by atoms with Gasteiger partial charge in [0.1, 0.15) is 0 Å². The van der Waals surface area contributed by atoms with Gasteiger partial charge in [0.05, 0.1) is 0 Å². The van der Waals surface area contributed by atoms with E-state index in [-0.39, 0.29) is 37.8 Å². The van der Waals surface area contributed by atoms with Gasteiger partial charge in [-0.15, -0.1) is 0 Å². The van der Waals surface area contributed by atoms with Crippen molar-refractivity contribution in [1.29, 1.82) is 0 Å². The van der Waals surface area contributed by atoms with E-state index in [0.717, 1.165) is 0 Å². The Hall–Kier alpha value is -0.923. The number of phenols is 2. The summed E-state index contributed by atoms with van der Waals surface area (Å²) in [5, 5.41) is 18.8. The number of phenolic OH excluding ortho intramolecular Hbond substituents is 2. The minimum absolute atomic E-state index is 0.0817. The number of aromatic hydroxyl groups is 2. The molecular formula is C12H14As2N2O2+2. The van der Waals surface area contributed by atoms with Crippen LogP contribution in [-0.4, -0.2) is 36.5 Å². The molecule has 8 N–H and O–H groups in total. The van der Waals surface area contributed by atoms with E-state index in [2.05, 4.69) is 11.5 Å². The first-order valence-electron chi connectivity index (χ1n) is 5.28. The Balaban J connectivity index is 2.24. The summed E-state index contributed by atoms with van der Waals surface area (Å²) in [5.74, 6) is 0.502. The topological polar surface area (TPSA) is 95.7 Å². The summed E-state index contributed by atoms with van der Waals surface area (Å²) in [6, 6.07) is 11.2. The van der Waals surface area contributed by atoms with E-state index in [1.54, 1.807) is 12.1 Å². The molecule has 0 radical (unpaired) electrons. The molecule has 2 aromatic rings. The zero-order chi connectivity index (χ0) is 13.1. The summed E-state index contributed by atoms with van der Waals surface area (Å²) in [6.07, 6.45) is 0. The Bertz CT molecular complexity index is 562. The number of benzene rings is 2. The van der Waals surface area contributed by atoms with Crippen LogP contribution in [0.15, 0.2) is 36.4 Å². The molecule has 0 aliphatic carbocycles. The summed E-state index contributed by atoms with van der Waals surface area (Å²) in [6.45, 7) is 0. The number of hydrogen-bond acceptors (Lipinski definition) is 2. The molecule has 6 heteroatoms. The predicted octanol–water partition coefficient (Wildman–Crippen LogP) is -1.88. The first-order chi connectivity index (χ1) is 8.56. The first kappa shape index (κ1) is 13.5. The zero-order valence-electron chi connectivity index (χ0n) is 9.67. The SMILES string of the molecule is [NH3+]c1cc([As]=[As]c2ccc(O)c([NH3+])c2)ccc1O. The summed E-state index contributed by atoms with van der Waals surface area (Å²) in [7, 11) is 0. The molecule has 18 heavy (non-hydrogen) atoms. The molecule has 0 atom stereocenters. The minimum atomic E-state index is 0.0817. The second-order valence-corrected chi connectivity index (χ2v) is 11.2. The first-order valence-corrected chi connectivity index (χ1v) is 12.4. The van der Waals surface area contributed by atoms with Crippen LogP contribution < -0.4 is 20.2 Å². The van der Waals surface area contributed by atoms with Crippen LogP contribution in [0.5, 0.6) is 11.5 Å².